The highest BCUT2D eigenvalue weighted by atomic mass is 16.5. The summed E-state index contributed by atoms with van der Waals surface area (Å²) in [5.74, 6) is 1.62. The smallest absolute Gasteiger partial charge is 0.150 e. The second kappa shape index (κ2) is 8.75. The first kappa shape index (κ1) is 19.7. The highest BCUT2D eigenvalue weighted by Crippen LogP contribution is 2.36. The van der Waals surface area contributed by atoms with Crippen molar-refractivity contribution >= 4 is 6.29 Å². The van der Waals surface area contributed by atoms with Gasteiger partial charge in [0.2, 0.25) is 0 Å². The Kier molecular flexibility index (Phi) is 6.15. The largest absolute Gasteiger partial charge is 0.490 e. The predicted molar refractivity (Wildman–Crippen MR) is 113 cm³/mol. The van der Waals surface area contributed by atoms with Crippen molar-refractivity contribution in [2.45, 2.75) is 40.4 Å². The van der Waals surface area contributed by atoms with Crippen molar-refractivity contribution in [3.8, 4) is 22.6 Å². The fraction of sp³-hybridized carbons (Fsp3) is 0.240. The van der Waals surface area contributed by atoms with Gasteiger partial charge in [-0.05, 0) is 86.3 Å². The minimum absolute atomic E-state index is 0.0986. The van der Waals surface area contributed by atoms with E-state index in [1.54, 1.807) is 12.1 Å². The van der Waals surface area contributed by atoms with Crippen molar-refractivity contribution in [1.82, 2.24) is 0 Å². The maximum Gasteiger partial charge on any atom is 0.150 e. The molecule has 3 nitrogen and oxygen atoms in total. The molecule has 0 spiro atoms. The fourth-order valence-corrected chi connectivity index (χ4v) is 3.27. The molecule has 0 atom stereocenters. The third kappa shape index (κ3) is 4.61. The molecule has 3 rings (SSSR count). The van der Waals surface area contributed by atoms with Crippen LogP contribution in [0.2, 0.25) is 0 Å². The third-order valence-electron chi connectivity index (χ3n) is 4.58. The van der Waals surface area contributed by atoms with Gasteiger partial charge in [-0.2, -0.15) is 0 Å². The number of hydrogen-bond donors (Lipinski definition) is 0. The molecule has 3 heteroatoms. The van der Waals surface area contributed by atoms with Crippen LogP contribution in [0.4, 0.5) is 0 Å². The average molecular weight is 374 g/mol. The normalized spacial score (nSPS) is 10.8. The monoisotopic (exact) mass is 374 g/mol. The van der Waals surface area contributed by atoms with Gasteiger partial charge >= 0.3 is 0 Å². The van der Waals surface area contributed by atoms with Crippen molar-refractivity contribution in [1.29, 1.82) is 0 Å². The summed E-state index contributed by atoms with van der Waals surface area (Å²) in [5.41, 5.74) is 6.43. The van der Waals surface area contributed by atoms with Gasteiger partial charge in [0.15, 0.2) is 0 Å². The Balaban J connectivity index is 1.91. The van der Waals surface area contributed by atoms with Crippen molar-refractivity contribution in [3.05, 3.63) is 82.9 Å². The Morgan fingerprint density at radius 1 is 0.929 bits per heavy atom. The van der Waals surface area contributed by atoms with E-state index in [0.717, 1.165) is 28.9 Å². The lowest BCUT2D eigenvalue weighted by Crippen LogP contribution is -2.07. The quantitative estimate of drug-likeness (QED) is 0.465. The van der Waals surface area contributed by atoms with Crippen molar-refractivity contribution in [2.24, 2.45) is 0 Å². The van der Waals surface area contributed by atoms with Gasteiger partial charge in [-0.3, -0.25) is 4.79 Å². The van der Waals surface area contributed by atoms with Crippen LogP contribution in [0.15, 0.2) is 60.7 Å². The maximum atomic E-state index is 10.8. The lowest BCUT2D eigenvalue weighted by Gasteiger charge is -2.19. The Hall–Kier alpha value is -3.07. The molecule has 3 aromatic carbocycles. The summed E-state index contributed by atoms with van der Waals surface area (Å²) in [4.78, 5) is 10.8. The Morgan fingerprint density at radius 3 is 2.21 bits per heavy atom. The second-order valence-corrected chi connectivity index (χ2v) is 7.24. The summed E-state index contributed by atoms with van der Waals surface area (Å²) in [6.45, 7) is 8.77. The molecule has 0 amide bonds. The number of benzene rings is 3. The van der Waals surface area contributed by atoms with Crippen LogP contribution in [0.3, 0.4) is 0 Å². The summed E-state index contributed by atoms with van der Waals surface area (Å²) >= 11 is 0. The summed E-state index contributed by atoms with van der Waals surface area (Å²) in [5, 5.41) is 0. The Morgan fingerprint density at radius 2 is 1.61 bits per heavy atom. The molecule has 0 heterocycles. The minimum atomic E-state index is 0.0986. The van der Waals surface area contributed by atoms with Gasteiger partial charge in [0.25, 0.3) is 0 Å². The van der Waals surface area contributed by atoms with Crippen LogP contribution in [0.25, 0.3) is 11.1 Å². The molecule has 144 valence electrons. The van der Waals surface area contributed by atoms with Crippen LogP contribution in [0.5, 0.6) is 11.5 Å². The molecule has 0 saturated heterocycles. The molecule has 28 heavy (non-hydrogen) atoms. The Bertz CT molecular complexity index is 936. The Labute approximate surface area is 166 Å². The third-order valence-corrected chi connectivity index (χ3v) is 4.58. The first-order valence-corrected chi connectivity index (χ1v) is 9.52. The van der Waals surface area contributed by atoms with E-state index >= 15 is 0 Å². The van der Waals surface area contributed by atoms with Gasteiger partial charge in [0, 0.05) is 11.1 Å². The molecule has 0 fully saturated rings. The molecule has 0 unspecified atom stereocenters. The number of aldehydes is 1. The van der Waals surface area contributed by atoms with E-state index < -0.39 is 0 Å². The van der Waals surface area contributed by atoms with Gasteiger partial charge in [0.05, 0.1) is 6.10 Å². The van der Waals surface area contributed by atoms with Crippen LogP contribution in [0, 0.1) is 13.8 Å². The van der Waals surface area contributed by atoms with E-state index in [4.69, 9.17) is 9.47 Å². The zero-order chi connectivity index (χ0) is 20.1. The van der Waals surface area contributed by atoms with E-state index in [0.29, 0.717) is 12.2 Å². The molecule has 0 bridgehead atoms. The highest BCUT2D eigenvalue weighted by molar-refractivity contribution is 5.77. The number of aryl methyl sites for hydroxylation is 2. The molecule has 0 aliphatic heterocycles. The van der Waals surface area contributed by atoms with Gasteiger partial charge in [-0.1, -0.05) is 24.3 Å². The van der Waals surface area contributed by atoms with Gasteiger partial charge in [0.1, 0.15) is 24.4 Å². The number of carbonyl (C=O) groups excluding carboxylic acids is 1. The zero-order valence-electron chi connectivity index (χ0n) is 16.9. The van der Waals surface area contributed by atoms with Gasteiger partial charge in [-0.15, -0.1) is 0 Å². The SMILES string of the molecule is Cc1cccc(C)c1-c1cc(COc2ccc(C=O)cc2)ccc1OC(C)C. The minimum Gasteiger partial charge on any atom is -0.490 e. The number of ether oxygens (including phenoxy) is 2. The molecule has 0 aromatic heterocycles. The molecule has 0 N–H and O–H groups in total. The molecular formula is C25H26O3. The first-order valence-electron chi connectivity index (χ1n) is 9.52. The van der Waals surface area contributed by atoms with E-state index in [-0.39, 0.29) is 6.10 Å². The molecule has 0 radical (unpaired) electrons. The topological polar surface area (TPSA) is 35.5 Å². The van der Waals surface area contributed by atoms with E-state index in [9.17, 15) is 4.79 Å². The number of carbonyl (C=O) groups is 1. The molecule has 3 aromatic rings. The lowest BCUT2D eigenvalue weighted by molar-refractivity contribution is 0.112. The first-order chi connectivity index (χ1) is 13.5. The summed E-state index contributed by atoms with van der Waals surface area (Å²) in [6.07, 6.45) is 0.926. The second-order valence-electron chi connectivity index (χ2n) is 7.24. The lowest BCUT2D eigenvalue weighted by atomic mass is 9.94. The van der Waals surface area contributed by atoms with Crippen molar-refractivity contribution in [2.75, 3.05) is 0 Å². The van der Waals surface area contributed by atoms with Crippen LogP contribution >= 0.6 is 0 Å². The summed E-state index contributed by atoms with van der Waals surface area (Å²) in [6, 6.07) is 19.7. The number of rotatable bonds is 7. The molecule has 0 aliphatic carbocycles. The van der Waals surface area contributed by atoms with Gasteiger partial charge < -0.3 is 9.47 Å². The van der Waals surface area contributed by atoms with Crippen LogP contribution < -0.4 is 9.47 Å². The van der Waals surface area contributed by atoms with E-state index in [1.807, 2.05) is 38.1 Å². The van der Waals surface area contributed by atoms with Crippen molar-refractivity contribution < 1.29 is 14.3 Å². The van der Waals surface area contributed by atoms with E-state index in [1.165, 1.54) is 16.7 Å². The summed E-state index contributed by atoms with van der Waals surface area (Å²) in [7, 11) is 0. The van der Waals surface area contributed by atoms with Gasteiger partial charge in [-0.25, -0.2) is 0 Å². The predicted octanol–water partition coefficient (Wildman–Crippen LogP) is 6.15. The number of hydrogen-bond acceptors (Lipinski definition) is 3. The highest BCUT2D eigenvalue weighted by Gasteiger charge is 2.14. The van der Waals surface area contributed by atoms with Crippen molar-refractivity contribution in [3.63, 3.8) is 0 Å². The molecular weight excluding hydrogens is 348 g/mol. The average Bonchev–Trinajstić information content (AvgIpc) is 2.68. The molecule has 0 saturated carbocycles. The molecule has 0 aliphatic rings. The van der Waals surface area contributed by atoms with Crippen LogP contribution in [0.1, 0.15) is 40.9 Å². The maximum absolute atomic E-state index is 10.8. The zero-order valence-corrected chi connectivity index (χ0v) is 16.9. The standard InChI is InChI=1S/C25H26O3/c1-17(2)28-24-13-10-21(16-27-22-11-8-20(15-26)9-12-22)14-23(24)25-18(3)6-5-7-19(25)4/h5-15,17H,16H2,1-4H3. The van der Waals surface area contributed by atoms with E-state index in [2.05, 4.69) is 38.1 Å². The van der Waals surface area contributed by atoms with Crippen LogP contribution in [-0.4, -0.2) is 12.4 Å². The summed E-state index contributed by atoms with van der Waals surface area (Å²) < 4.78 is 12.0. The van der Waals surface area contributed by atoms with Crippen LogP contribution in [-0.2, 0) is 6.61 Å². The fourth-order valence-electron chi connectivity index (χ4n) is 3.27.